The van der Waals surface area contributed by atoms with Crippen LogP contribution < -0.4 is 4.74 Å². The summed E-state index contributed by atoms with van der Waals surface area (Å²) in [5, 5.41) is 19.2. The molecule has 0 fully saturated rings. The molecule has 0 saturated carbocycles. The minimum Gasteiger partial charge on any atom is -0.503 e. The number of phenolic OH excluding ortho intramolecular Hbond substituents is 1. The molecule has 0 aliphatic heterocycles. The van der Waals surface area contributed by atoms with Gasteiger partial charge in [0.25, 0.3) is 0 Å². The second kappa shape index (κ2) is 7.91. The smallest absolute Gasteiger partial charge is 0.217 e. The molecule has 130 valence electrons. The molecule has 0 atom stereocenters. The number of ether oxygens (including phenoxy) is 1. The standard InChI is InChI=1S/C16H10Br3NO4S/c1-24-14-6-9(5-13(19)16(14)21)4-11(8-20)25(22,23)15-7-10(17)2-3-12(15)18/h2-7,21H,1H3/b11-4+. The highest BCUT2D eigenvalue weighted by atomic mass is 79.9. The Hall–Kier alpha value is -1.34. The van der Waals surface area contributed by atoms with E-state index in [2.05, 4.69) is 47.8 Å². The third kappa shape index (κ3) is 4.26. The first-order valence-electron chi connectivity index (χ1n) is 6.59. The number of benzene rings is 2. The number of sulfone groups is 1. The lowest BCUT2D eigenvalue weighted by atomic mass is 10.2. The van der Waals surface area contributed by atoms with Crippen molar-refractivity contribution < 1.29 is 18.3 Å². The molecule has 1 N–H and O–H groups in total. The minimum atomic E-state index is -4.04. The molecule has 25 heavy (non-hydrogen) atoms. The van der Waals surface area contributed by atoms with Crippen molar-refractivity contribution >= 4 is 63.7 Å². The molecule has 5 nitrogen and oxygen atoms in total. The van der Waals surface area contributed by atoms with Crippen LogP contribution in [0.2, 0.25) is 0 Å². The number of nitrogens with zero attached hydrogens (tertiary/aromatic N) is 1. The van der Waals surface area contributed by atoms with Gasteiger partial charge in [0.2, 0.25) is 9.84 Å². The van der Waals surface area contributed by atoms with Crippen LogP contribution in [0.3, 0.4) is 0 Å². The van der Waals surface area contributed by atoms with Gasteiger partial charge in [0.15, 0.2) is 11.5 Å². The molecule has 0 aliphatic rings. The van der Waals surface area contributed by atoms with E-state index in [0.717, 1.165) is 0 Å². The molecule has 0 spiro atoms. The topological polar surface area (TPSA) is 87.4 Å². The molecule has 2 aromatic rings. The predicted molar refractivity (Wildman–Crippen MR) is 105 cm³/mol. The zero-order chi connectivity index (χ0) is 18.8. The van der Waals surface area contributed by atoms with Crippen LogP contribution in [0, 0.1) is 11.3 Å². The van der Waals surface area contributed by atoms with E-state index in [9.17, 15) is 18.8 Å². The van der Waals surface area contributed by atoms with Crippen molar-refractivity contribution in [1.82, 2.24) is 0 Å². The molecule has 0 amide bonds. The number of rotatable bonds is 4. The van der Waals surface area contributed by atoms with Gasteiger partial charge in [-0.1, -0.05) is 15.9 Å². The van der Waals surface area contributed by atoms with Crippen LogP contribution in [0.15, 0.2) is 53.6 Å². The summed E-state index contributed by atoms with van der Waals surface area (Å²) in [5.41, 5.74) is 0.382. The Balaban J connectivity index is 2.64. The summed E-state index contributed by atoms with van der Waals surface area (Å²) in [6.45, 7) is 0. The number of hydrogen-bond donors (Lipinski definition) is 1. The molecule has 0 unspecified atom stereocenters. The van der Waals surface area contributed by atoms with Crippen LogP contribution in [0.4, 0.5) is 0 Å². The Morgan fingerprint density at radius 2 is 1.88 bits per heavy atom. The van der Waals surface area contributed by atoms with E-state index in [1.807, 2.05) is 0 Å². The molecule has 0 heterocycles. The average molecular weight is 552 g/mol. The maximum Gasteiger partial charge on any atom is 0.217 e. The van der Waals surface area contributed by atoms with Gasteiger partial charge in [-0.2, -0.15) is 5.26 Å². The number of allylic oxidation sites excluding steroid dienone is 1. The number of aromatic hydroxyl groups is 1. The first kappa shape index (κ1) is 20.0. The fraction of sp³-hybridized carbons (Fsp3) is 0.0625. The molecule has 9 heteroatoms. The summed E-state index contributed by atoms with van der Waals surface area (Å²) in [6.07, 6.45) is 1.22. The van der Waals surface area contributed by atoms with E-state index in [1.165, 1.54) is 31.4 Å². The highest BCUT2D eigenvalue weighted by molar-refractivity contribution is 9.11. The fourth-order valence-electron chi connectivity index (χ4n) is 1.96. The summed E-state index contributed by atoms with van der Waals surface area (Å²) in [4.78, 5) is -0.467. The van der Waals surface area contributed by atoms with Gasteiger partial charge in [-0.15, -0.1) is 0 Å². The van der Waals surface area contributed by atoms with Crippen molar-refractivity contribution in [3.63, 3.8) is 0 Å². The molecule has 0 aromatic heterocycles. The average Bonchev–Trinajstić information content (AvgIpc) is 2.57. The molecule has 0 saturated heterocycles. The largest absolute Gasteiger partial charge is 0.503 e. The van der Waals surface area contributed by atoms with Crippen molar-refractivity contribution in [3.05, 3.63) is 54.2 Å². The van der Waals surface area contributed by atoms with E-state index in [1.54, 1.807) is 18.2 Å². The molecule has 0 aliphatic carbocycles. The van der Waals surface area contributed by atoms with E-state index in [4.69, 9.17) is 4.74 Å². The number of nitriles is 1. The number of phenols is 1. The van der Waals surface area contributed by atoms with Gasteiger partial charge in [-0.05, 0) is 73.8 Å². The summed E-state index contributed by atoms with van der Waals surface area (Å²) in [6, 6.07) is 9.32. The molecule has 0 radical (unpaired) electrons. The van der Waals surface area contributed by atoms with Gasteiger partial charge in [0, 0.05) is 8.95 Å². The van der Waals surface area contributed by atoms with Crippen LogP contribution in [0.25, 0.3) is 6.08 Å². The molecule has 2 rings (SSSR count). The van der Waals surface area contributed by atoms with Crippen LogP contribution in [-0.2, 0) is 9.84 Å². The SMILES string of the molecule is COc1cc(/C=C(\C#N)S(=O)(=O)c2cc(Br)ccc2Br)cc(Br)c1O. The third-order valence-corrected chi connectivity index (χ3v) is 6.91. The predicted octanol–water partition coefficient (Wildman–Crippen LogP) is 5.03. The second-order valence-corrected chi connectivity index (χ2v) is 9.26. The third-order valence-electron chi connectivity index (χ3n) is 3.15. The Bertz CT molecular complexity index is 1010. The number of methoxy groups -OCH3 is 1. The summed E-state index contributed by atoms with van der Waals surface area (Å²) < 4.78 is 31.9. The monoisotopic (exact) mass is 549 g/mol. The summed E-state index contributed by atoms with van der Waals surface area (Å²) in [5.74, 6) is 0.0368. The zero-order valence-corrected chi connectivity index (χ0v) is 18.2. The van der Waals surface area contributed by atoms with Crippen LogP contribution in [0.5, 0.6) is 11.5 Å². The molecular weight excluding hydrogens is 542 g/mol. The highest BCUT2D eigenvalue weighted by Crippen LogP contribution is 2.37. The summed E-state index contributed by atoms with van der Waals surface area (Å²) in [7, 11) is -2.67. The fourth-order valence-corrected chi connectivity index (χ4v) is 5.07. The normalized spacial score (nSPS) is 11.9. The lowest BCUT2D eigenvalue weighted by molar-refractivity contribution is 0.372. The van der Waals surface area contributed by atoms with E-state index in [0.29, 0.717) is 19.0 Å². The highest BCUT2D eigenvalue weighted by Gasteiger charge is 2.24. The summed E-state index contributed by atoms with van der Waals surface area (Å²) >= 11 is 9.58. The van der Waals surface area contributed by atoms with Gasteiger partial charge in [-0.25, -0.2) is 8.42 Å². The lowest BCUT2D eigenvalue weighted by Gasteiger charge is -2.08. The zero-order valence-electron chi connectivity index (χ0n) is 12.6. The van der Waals surface area contributed by atoms with Gasteiger partial charge in [-0.3, -0.25) is 0 Å². The van der Waals surface area contributed by atoms with Crippen molar-refractivity contribution in [2.24, 2.45) is 0 Å². The van der Waals surface area contributed by atoms with Crippen molar-refractivity contribution in [2.45, 2.75) is 4.90 Å². The number of halogens is 3. The Morgan fingerprint density at radius 1 is 1.20 bits per heavy atom. The lowest BCUT2D eigenvalue weighted by Crippen LogP contribution is -2.04. The number of hydrogen-bond acceptors (Lipinski definition) is 5. The van der Waals surface area contributed by atoms with Crippen molar-refractivity contribution in [2.75, 3.05) is 7.11 Å². The quantitative estimate of drug-likeness (QED) is 0.539. The van der Waals surface area contributed by atoms with Gasteiger partial charge in [0.05, 0.1) is 16.5 Å². The van der Waals surface area contributed by atoms with Gasteiger partial charge in [0.1, 0.15) is 11.0 Å². The van der Waals surface area contributed by atoms with E-state index in [-0.39, 0.29) is 16.4 Å². The minimum absolute atomic E-state index is 0.0283. The maximum absolute atomic E-state index is 12.8. The Kier molecular flexibility index (Phi) is 6.32. The van der Waals surface area contributed by atoms with Crippen molar-refractivity contribution in [1.29, 1.82) is 5.26 Å². The Morgan fingerprint density at radius 3 is 2.48 bits per heavy atom. The van der Waals surface area contributed by atoms with Gasteiger partial charge >= 0.3 is 0 Å². The van der Waals surface area contributed by atoms with E-state index < -0.39 is 14.7 Å². The second-order valence-electron chi connectivity index (χ2n) is 4.75. The first-order valence-corrected chi connectivity index (χ1v) is 10.5. The maximum atomic E-state index is 12.8. The molecule has 0 bridgehead atoms. The van der Waals surface area contributed by atoms with Crippen LogP contribution in [-0.4, -0.2) is 20.6 Å². The first-order chi connectivity index (χ1) is 11.7. The van der Waals surface area contributed by atoms with Crippen molar-refractivity contribution in [3.8, 4) is 17.6 Å². The Labute approximate surface area is 170 Å². The van der Waals surface area contributed by atoms with E-state index >= 15 is 0 Å². The van der Waals surface area contributed by atoms with Crippen LogP contribution in [0.1, 0.15) is 5.56 Å². The van der Waals surface area contributed by atoms with Gasteiger partial charge < -0.3 is 9.84 Å². The van der Waals surface area contributed by atoms with Crippen LogP contribution >= 0.6 is 47.8 Å². The molecular formula is C16H10Br3NO4S. The molecule has 2 aromatic carbocycles.